The lowest BCUT2D eigenvalue weighted by Gasteiger charge is -2.44. The number of hydrogen-bond donors (Lipinski definition) is 1. The van der Waals surface area contributed by atoms with Gasteiger partial charge in [0.25, 0.3) is 0 Å². The second-order valence-electron chi connectivity index (χ2n) is 5.49. The topological polar surface area (TPSA) is 49.4 Å². The molecular formula is C12H19F3N2O2. The SMILES string of the molecule is CCC(C)C1C(=O)NC(C)(C)C(=O)N1CC(F)(F)F. The van der Waals surface area contributed by atoms with E-state index in [1.165, 1.54) is 13.8 Å². The highest BCUT2D eigenvalue weighted by Crippen LogP contribution is 2.28. The van der Waals surface area contributed by atoms with Crippen molar-refractivity contribution in [3.05, 3.63) is 0 Å². The summed E-state index contributed by atoms with van der Waals surface area (Å²) >= 11 is 0. The van der Waals surface area contributed by atoms with Gasteiger partial charge >= 0.3 is 6.18 Å². The Morgan fingerprint density at radius 3 is 2.32 bits per heavy atom. The fourth-order valence-corrected chi connectivity index (χ4v) is 2.21. The van der Waals surface area contributed by atoms with Gasteiger partial charge in [-0.15, -0.1) is 0 Å². The van der Waals surface area contributed by atoms with E-state index in [0.29, 0.717) is 11.3 Å². The summed E-state index contributed by atoms with van der Waals surface area (Å²) in [5.74, 6) is -1.56. The standard InChI is InChI=1S/C12H19F3N2O2/c1-5-7(2)8-9(18)16-11(3,4)10(19)17(8)6-12(13,14)15/h7-8H,5-6H2,1-4H3,(H,16,18). The fraction of sp³-hybridized carbons (Fsp3) is 0.833. The highest BCUT2D eigenvalue weighted by atomic mass is 19.4. The van der Waals surface area contributed by atoms with Crippen molar-refractivity contribution in [2.24, 2.45) is 5.92 Å². The average molecular weight is 280 g/mol. The molecule has 1 heterocycles. The van der Waals surface area contributed by atoms with Crippen LogP contribution in [0.3, 0.4) is 0 Å². The Balaban J connectivity index is 3.12. The number of rotatable bonds is 3. The van der Waals surface area contributed by atoms with Crippen LogP contribution in [-0.2, 0) is 9.59 Å². The highest BCUT2D eigenvalue weighted by Gasteiger charge is 2.50. The molecule has 0 aromatic carbocycles. The van der Waals surface area contributed by atoms with Crippen molar-refractivity contribution in [2.75, 3.05) is 6.54 Å². The number of alkyl halides is 3. The average Bonchev–Trinajstić information content (AvgIpc) is 2.22. The molecule has 0 saturated carbocycles. The first-order valence-corrected chi connectivity index (χ1v) is 6.19. The summed E-state index contributed by atoms with van der Waals surface area (Å²) in [5.41, 5.74) is -1.30. The number of hydrogen-bond acceptors (Lipinski definition) is 2. The summed E-state index contributed by atoms with van der Waals surface area (Å²) in [6.07, 6.45) is -4.00. The van der Waals surface area contributed by atoms with Gasteiger partial charge in [0.15, 0.2) is 0 Å². The van der Waals surface area contributed by atoms with Crippen molar-refractivity contribution in [3.63, 3.8) is 0 Å². The predicted molar refractivity (Wildman–Crippen MR) is 63.2 cm³/mol. The maximum atomic E-state index is 12.6. The Morgan fingerprint density at radius 1 is 1.37 bits per heavy atom. The van der Waals surface area contributed by atoms with Crippen LogP contribution in [0.15, 0.2) is 0 Å². The summed E-state index contributed by atoms with van der Waals surface area (Å²) in [5, 5.41) is 2.49. The van der Waals surface area contributed by atoms with Gasteiger partial charge in [0, 0.05) is 0 Å². The summed E-state index contributed by atoms with van der Waals surface area (Å²) in [4.78, 5) is 24.8. The van der Waals surface area contributed by atoms with E-state index < -0.39 is 36.1 Å². The number of amides is 2. The maximum Gasteiger partial charge on any atom is 0.406 e. The first-order valence-electron chi connectivity index (χ1n) is 6.19. The molecule has 0 spiro atoms. The van der Waals surface area contributed by atoms with E-state index in [9.17, 15) is 22.8 Å². The smallest absolute Gasteiger partial charge is 0.340 e. The van der Waals surface area contributed by atoms with Gasteiger partial charge in [-0.05, 0) is 19.8 Å². The van der Waals surface area contributed by atoms with Crippen LogP contribution in [0.25, 0.3) is 0 Å². The minimum absolute atomic E-state index is 0.331. The zero-order chi connectivity index (χ0) is 15.0. The van der Waals surface area contributed by atoms with Gasteiger partial charge in [-0.3, -0.25) is 9.59 Å². The lowest BCUT2D eigenvalue weighted by molar-refractivity contribution is -0.179. The normalized spacial score (nSPS) is 25.2. The number of halogens is 3. The van der Waals surface area contributed by atoms with Crippen LogP contribution in [0, 0.1) is 5.92 Å². The first kappa shape index (κ1) is 15.8. The molecule has 0 aromatic heterocycles. The molecule has 0 aliphatic carbocycles. The number of carbonyl (C=O) groups is 2. The van der Waals surface area contributed by atoms with Gasteiger partial charge < -0.3 is 10.2 Å². The van der Waals surface area contributed by atoms with Crippen LogP contribution in [0.2, 0.25) is 0 Å². The van der Waals surface area contributed by atoms with Crippen molar-refractivity contribution >= 4 is 11.8 Å². The lowest BCUT2D eigenvalue weighted by Crippen LogP contribution is -2.70. The maximum absolute atomic E-state index is 12.6. The van der Waals surface area contributed by atoms with E-state index in [-0.39, 0.29) is 5.92 Å². The molecule has 2 amide bonds. The van der Waals surface area contributed by atoms with Gasteiger partial charge in [0.2, 0.25) is 11.8 Å². The molecule has 1 rings (SSSR count). The third kappa shape index (κ3) is 3.39. The third-order valence-corrected chi connectivity index (χ3v) is 3.37. The zero-order valence-electron chi connectivity index (χ0n) is 11.5. The Hall–Kier alpha value is -1.27. The van der Waals surface area contributed by atoms with Crippen molar-refractivity contribution < 1.29 is 22.8 Å². The molecule has 0 aromatic rings. The number of nitrogens with zero attached hydrogens (tertiary/aromatic N) is 1. The van der Waals surface area contributed by atoms with Crippen LogP contribution in [-0.4, -0.2) is 41.0 Å². The van der Waals surface area contributed by atoms with Crippen molar-refractivity contribution in [1.29, 1.82) is 0 Å². The second-order valence-corrected chi connectivity index (χ2v) is 5.49. The quantitative estimate of drug-likeness (QED) is 0.855. The Kier molecular flexibility index (Phi) is 4.17. The van der Waals surface area contributed by atoms with Crippen molar-refractivity contribution in [2.45, 2.75) is 51.9 Å². The number of nitrogens with one attached hydrogen (secondary N) is 1. The zero-order valence-corrected chi connectivity index (χ0v) is 11.5. The van der Waals surface area contributed by atoms with Crippen molar-refractivity contribution in [1.82, 2.24) is 10.2 Å². The Morgan fingerprint density at radius 2 is 1.89 bits per heavy atom. The Bertz CT molecular complexity index is 380. The molecule has 0 bridgehead atoms. The van der Waals surface area contributed by atoms with E-state index in [1.54, 1.807) is 13.8 Å². The van der Waals surface area contributed by atoms with Crippen LogP contribution >= 0.6 is 0 Å². The van der Waals surface area contributed by atoms with Crippen LogP contribution in [0.4, 0.5) is 13.2 Å². The summed E-state index contributed by atoms with van der Waals surface area (Å²) < 4.78 is 37.8. The molecule has 7 heteroatoms. The van der Waals surface area contributed by atoms with Gasteiger partial charge in [0.05, 0.1) is 0 Å². The van der Waals surface area contributed by atoms with Crippen LogP contribution in [0.1, 0.15) is 34.1 Å². The number of carbonyl (C=O) groups excluding carboxylic acids is 2. The number of piperazine rings is 1. The van der Waals surface area contributed by atoms with E-state index in [0.717, 1.165) is 0 Å². The van der Waals surface area contributed by atoms with Crippen molar-refractivity contribution in [3.8, 4) is 0 Å². The van der Waals surface area contributed by atoms with Gasteiger partial charge in [0.1, 0.15) is 18.1 Å². The predicted octanol–water partition coefficient (Wildman–Crippen LogP) is 1.70. The third-order valence-electron chi connectivity index (χ3n) is 3.37. The fourth-order valence-electron chi connectivity index (χ4n) is 2.21. The molecule has 1 aliphatic rings. The largest absolute Gasteiger partial charge is 0.406 e. The Labute approximate surface area is 110 Å². The van der Waals surface area contributed by atoms with Crippen LogP contribution in [0.5, 0.6) is 0 Å². The monoisotopic (exact) mass is 280 g/mol. The molecule has 2 unspecified atom stereocenters. The molecular weight excluding hydrogens is 261 g/mol. The molecule has 110 valence electrons. The van der Waals surface area contributed by atoms with E-state index in [1.807, 2.05) is 0 Å². The minimum Gasteiger partial charge on any atom is -0.340 e. The second kappa shape index (κ2) is 5.02. The molecule has 0 radical (unpaired) electrons. The molecule has 19 heavy (non-hydrogen) atoms. The molecule has 4 nitrogen and oxygen atoms in total. The van der Waals surface area contributed by atoms with Gasteiger partial charge in [-0.25, -0.2) is 0 Å². The summed E-state index contributed by atoms with van der Waals surface area (Å²) in [6.45, 7) is 4.86. The molecule has 1 N–H and O–H groups in total. The minimum atomic E-state index is -4.52. The van der Waals surface area contributed by atoms with Gasteiger partial charge in [-0.2, -0.15) is 13.2 Å². The molecule has 1 fully saturated rings. The van der Waals surface area contributed by atoms with E-state index in [4.69, 9.17) is 0 Å². The van der Waals surface area contributed by atoms with Crippen LogP contribution < -0.4 is 5.32 Å². The lowest BCUT2D eigenvalue weighted by atomic mass is 9.89. The van der Waals surface area contributed by atoms with E-state index in [2.05, 4.69) is 5.32 Å². The molecule has 1 aliphatic heterocycles. The molecule has 2 atom stereocenters. The highest BCUT2D eigenvalue weighted by molar-refractivity contribution is 5.99. The molecule has 1 saturated heterocycles. The first-order chi connectivity index (χ1) is 8.49. The summed E-state index contributed by atoms with van der Waals surface area (Å²) in [7, 11) is 0. The summed E-state index contributed by atoms with van der Waals surface area (Å²) in [6, 6.07) is -1.06. The van der Waals surface area contributed by atoms with Gasteiger partial charge in [-0.1, -0.05) is 20.3 Å². The van der Waals surface area contributed by atoms with E-state index >= 15 is 0 Å².